The highest BCUT2D eigenvalue weighted by Crippen LogP contribution is 2.37. The Balaban J connectivity index is 2.18. The molecule has 1 unspecified atom stereocenters. The summed E-state index contributed by atoms with van der Waals surface area (Å²) in [4.78, 5) is 9.77. The summed E-state index contributed by atoms with van der Waals surface area (Å²) in [5.41, 5.74) is -0.400. The van der Waals surface area contributed by atoms with Gasteiger partial charge in [0.25, 0.3) is 0 Å². The van der Waals surface area contributed by atoms with Gasteiger partial charge in [-0.1, -0.05) is 11.2 Å². The lowest BCUT2D eigenvalue weighted by Crippen LogP contribution is -2.26. The minimum absolute atomic E-state index is 0.166. The first-order chi connectivity index (χ1) is 9.90. The number of aryl methyl sites for hydroxylation is 1. The van der Waals surface area contributed by atoms with E-state index in [9.17, 15) is 8.78 Å². The fourth-order valence-electron chi connectivity index (χ4n) is 2.37. The van der Waals surface area contributed by atoms with Crippen molar-refractivity contribution in [1.29, 1.82) is 0 Å². The van der Waals surface area contributed by atoms with E-state index in [1.807, 2.05) is 0 Å². The minimum Gasteiger partial charge on any atom is -0.380 e. The zero-order chi connectivity index (χ0) is 15.2. The van der Waals surface area contributed by atoms with Crippen molar-refractivity contribution in [3.05, 3.63) is 47.5 Å². The molecule has 0 saturated carbocycles. The highest BCUT2D eigenvalue weighted by atomic mass is 79.9. The normalized spacial score (nSPS) is 21.3. The Bertz CT molecular complexity index is 724. The highest BCUT2D eigenvalue weighted by Gasteiger charge is 2.40. The molecule has 0 N–H and O–H groups in total. The van der Waals surface area contributed by atoms with Crippen molar-refractivity contribution < 1.29 is 13.6 Å². The number of halogens is 3. The molecule has 1 aliphatic heterocycles. The molecule has 21 heavy (non-hydrogen) atoms. The Labute approximate surface area is 128 Å². The maximum absolute atomic E-state index is 14.0. The van der Waals surface area contributed by atoms with Crippen LogP contribution in [-0.2, 0) is 10.4 Å². The third-order valence-corrected chi connectivity index (χ3v) is 3.73. The zero-order valence-electron chi connectivity index (χ0n) is 11.4. The van der Waals surface area contributed by atoms with Crippen LogP contribution in [0.25, 0.3) is 5.69 Å². The summed E-state index contributed by atoms with van der Waals surface area (Å²) < 4.78 is 30.1. The number of hydrogen-bond acceptors (Lipinski definition) is 3. The van der Waals surface area contributed by atoms with Crippen molar-refractivity contribution in [3.8, 4) is 5.69 Å². The van der Waals surface area contributed by atoms with Crippen LogP contribution < -0.4 is 0 Å². The molecule has 3 rings (SSSR count). The Kier molecular flexibility index (Phi) is 3.32. The first-order valence-corrected chi connectivity index (χ1v) is 7.11. The number of aromatic nitrogens is 2. The van der Waals surface area contributed by atoms with E-state index in [1.54, 1.807) is 20.0 Å². The van der Waals surface area contributed by atoms with Gasteiger partial charge in [0.05, 0.1) is 5.69 Å². The van der Waals surface area contributed by atoms with Crippen LogP contribution in [0, 0.1) is 18.6 Å². The van der Waals surface area contributed by atoms with E-state index in [4.69, 9.17) is 4.84 Å². The summed E-state index contributed by atoms with van der Waals surface area (Å²) in [6, 6.07) is 3.74. The lowest BCUT2D eigenvalue weighted by Gasteiger charge is -2.22. The van der Waals surface area contributed by atoms with Gasteiger partial charge in [-0.05, 0) is 41.9 Å². The molecule has 0 amide bonds. The SMILES string of the molecule is Cc1cn(-c2c(F)cccc2F)c(C2(C)CC(Br)=NO2)n1. The first-order valence-electron chi connectivity index (χ1n) is 6.32. The van der Waals surface area contributed by atoms with Crippen LogP contribution in [0.2, 0.25) is 0 Å². The lowest BCUT2D eigenvalue weighted by atomic mass is 10.0. The van der Waals surface area contributed by atoms with Crippen LogP contribution in [0.1, 0.15) is 24.9 Å². The van der Waals surface area contributed by atoms with Gasteiger partial charge in [-0.15, -0.1) is 0 Å². The molecule has 2 heterocycles. The fraction of sp³-hybridized carbons (Fsp3) is 0.286. The van der Waals surface area contributed by atoms with E-state index in [2.05, 4.69) is 26.1 Å². The molecule has 1 aliphatic rings. The zero-order valence-corrected chi connectivity index (χ0v) is 13.0. The van der Waals surface area contributed by atoms with E-state index in [1.165, 1.54) is 22.8 Å². The number of benzene rings is 1. The van der Waals surface area contributed by atoms with Crippen LogP contribution >= 0.6 is 15.9 Å². The quantitative estimate of drug-likeness (QED) is 0.821. The lowest BCUT2D eigenvalue weighted by molar-refractivity contribution is -0.0156. The van der Waals surface area contributed by atoms with Gasteiger partial charge in [0, 0.05) is 12.6 Å². The van der Waals surface area contributed by atoms with Crippen molar-refractivity contribution in [2.75, 3.05) is 0 Å². The largest absolute Gasteiger partial charge is 0.380 e. The molecule has 0 radical (unpaired) electrons. The maximum Gasteiger partial charge on any atom is 0.198 e. The Morgan fingerprint density at radius 1 is 1.33 bits per heavy atom. The number of imidazole rings is 1. The number of rotatable bonds is 2. The molecule has 110 valence electrons. The Hall–Kier alpha value is -1.76. The van der Waals surface area contributed by atoms with Gasteiger partial charge in [0.1, 0.15) is 21.9 Å². The molecule has 7 heteroatoms. The van der Waals surface area contributed by atoms with Crippen LogP contribution in [0.5, 0.6) is 0 Å². The molecule has 2 aromatic rings. The molecule has 0 spiro atoms. The van der Waals surface area contributed by atoms with Gasteiger partial charge in [0.2, 0.25) is 0 Å². The number of hydrogen-bond donors (Lipinski definition) is 0. The van der Waals surface area contributed by atoms with E-state index in [0.717, 1.165) is 0 Å². The maximum atomic E-state index is 14.0. The second-order valence-electron chi connectivity index (χ2n) is 5.11. The average molecular weight is 356 g/mol. The topological polar surface area (TPSA) is 39.4 Å². The molecule has 0 aliphatic carbocycles. The molecule has 1 aromatic heterocycles. The van der Waals surface area contributed by atoms with Crippen LogP contribution in [0.15, 0.2) is 29.6 Å². The van der Waals surface area contributed by atoms with E-state index < -0.39 is 17.2 Å². The third kappa shape index (κ3) is 2.35. The van der Waals surface area contributed by atoms with Crippen molar-refractivity contribution in [2.24, 2.45) is 5.16 Å². The summed E-state index contributed by atoms with van der Waals surface area (Å²) >= 11 is 3.27. The van der Waals surface area contributed by atoms with E-state index in [-0.39, 0.29) is 5.69 Å². The summed E-state index contributed by atoms with van der Waals surface area (Å²) in [5.74, 6) is -0.910. The Morgan fingerprint density at radius 2 is 2.00 bits per heavy atom. The minimum atomic E-state index is -0.873. The molecular formula is C14H12BrF2N3O. The van der Waals surface area contributed by atoms with E-state index in [0.29, 0.717) is 22.6 Å². The average Bonchev–Trinajstić information content (AvgIpc) is 2.94. The van der Waals surface area contributed by atoms with Crippen molar-refractivity contribution in [2.45, 2.75) is 25.9 Å². The number of oxime groups is 1. The second-order valence-corrected chi connectivity index (χ2v) is 6.03. The Morgan fingerprint density at radius 3 is 2.57 bits per heavy atom. The summed E-state index contributed by atoms with van der Waals surface area (Å²) in [7, 11) is 0. The van der Waals surface area contributed by atoms with Gasteiger partial charge in [0.15, 0.2) is 11.4 Å². The summed E-state index contributed by atoms with van der Waals surface area (Å²) in [5, 5.41) is 3.85. The van der Waals surface area contributed by atoms with E-state index >= 15 is 0 Å². The predicted octanol–water partition coefficient (Wildman–Crippen LogP) is 3.80. The first kappa shape index (κ1) is 14.2. The van der Waals surface area contributed by atoms with Gasteiger partial charge < -0.3 is 4.84 Å². The fourth-order valence-corrected chi connectivity index (χ4v) is 2.98. The molecule has 0 fully saturated rings. The van der Waals surface area contributed by atoms with Gasteiger partial charge in [-0.25, -0.2) is 13.8 Å². The molecular weight excluding hydrogens is 344 g/mol. The van der Waals surface area contributed by atoms with Gasteiger partial charge in [-0.2, -0.15) is 0 Å². The number of para-hydroxylation sites is 1. The predicted molar refractivity (Wildman–Crippen MR) is 77.6 cm³/mol. The third-order valence-electron chi connectivity index (χ3n) is 3.31. The second kappa shape index (κ2) is 4.91. The highest BCUT2D eigenvalue weighted by molar-refractivity contribution is 9.18. The summed E-state index contributed by atoms with van der Waals surface area (Å²) in [6.45, 7) is 3.54. The monoisotopic (exact) mass is 355 g/mol. The summed E-state index contributed by atoms with van der Waals surface area (Å²) in [6.07, 6.45) is 2.02. The van der Waals surface area contributed by atoms with Crippen LogP contribution in [-0.4, -0.2) is 14.2 Å². The van der Waals surface area contributed by atoms with Crippen molar-refractivity contribution in [3.63, 3.8) is 0 Å². The van der Waals surface area contributed by atoms with Gasteiger partial charge >= 0.3 is 0 Å². The molecule has 1 atom stereocenters. The molecule has 0 saturated heterocycles. The smallest absolute Gasteiger partial charge is 0.198 e. The standard InChI is InChI=1S/C14H12BrF2N3O/c1-8-7-20(12-9(16)4-3-5-10(12)17)13(18-8)14(2)6-11(15)19-21-14/h3-5,7H,6H2,1-2H3. The number of nitrogens with zero attached hydrogens (tertiary/aromatic N) is 3. The van der Waals surface area contributed by atoms with Gasteiger partial charge in [-0.3, -0.25) is 4.57 Å². The van der Waals surface area contributed by atoms with Crippen LogP contribution in [0.3, 0.4) is 0 Å². The molecule has 1 aromatic carbocycles. The van der Waals surface area contributed by atoms with Crippen molar-refractivity contribution in [1.82, 2.24) is 9.55 Å². The van der Waals surface area contributed by atoms with Crippen LogP contribution in [0.4, 0.5) is 8.78 Å². The molecule has 4 nitrogen and oxygen atoms in total. The molecule has 0 bridgehead atoms. The van der Waals surface area contributed by atoms with Crippen molar-refractivity contribution >= 4 is 20.6 Å².